The van der Waals surface area contributed by atoms with Gasteiger partial charge in [0.1, 0.15) is 11.7 Å². The highest BCUT2D eigenvalue weighted by atomic mass is 16.6. The van der Waals surface area contributed by atoms with Gasteiger partial charge < -0.3 is 20.5 Å². The molecular weight excluding hydrogens is 254 g/mol. The number of carbonyl (C=O) groups is 1. The van der Waals surface area contributed by atoms with Gasteiger partial charge in [-0.1, -0.05) is 6.07 Å². The van der Waals surface area contributed by atoms with Gasteiger partial charge in [-0.05, 0) is 12.1 Å². The number of nitro benzene ring substituents is 1. The molecule has 1 aromatic carbocycles. The number of nitrogens with zero attached hydrogens (tertiary/aromatic N) is 1. The van der Waals surface area contributed by atoms with Crippen LogP contribution in [-0.4, -0.2) is 41.7 Å². The quantitative estimate of drug-likeness (QED) is 0.533. The molecule has 1 fully saturated rings. The third-order valence-corrected chi connectivity index (χ3v) is 2.69. The Bertz CT molecular complexity index is 499. The average Bonchev–Trinajstić information content (AvgIpc) is 2.39. The molecule has 0 radical (unpaired) electrons. The first-order valence-electron chi connectivity index (χ1n) is 5.68. The molecular formula is C11H13N3O5. The van der Waals surface area contributed by atoms with E-state index in [1.807, 2.05) is 0 Å². The molecule has 1 aliphatic rings. The number of hydrogen-bond acceptors (Lipinski definition) is 6. The summed E-state index contributed by atoms with van der Waals surface area (Å²) in [6.07, 6.45) is 0. The number of nitrogens with one attached hydrogen (secondary N) is 2. The van der Waals surface area contributed by atoms with Crippen LogP contribution in [0.15, 0.2) is 18.2 Å². The van der Waals surface area contributed by atoms with E-state index < -0.39 is 28.3 Å². The van der Waals surface area contributed by atoms with Gasteiger partial charge in [0.2, 0.25) is 5.91 Å². The van der Waals surface area contributed by atoms with Crippen molar-refractivity contribution < 1.29 is 19.6 Å². The van der Waals surface area contributed by atoms with Gasteiger partial charge >= 0.3 is 5.69 Å². The molecule has 0 bridgehead atoms. The Hall–Kier alpha value is -2.19. The van der Waals surface area contributed by atoms with Crippen molar-refractivity contribution in [3.05, 3.63) is 28.3 Å². The van der Waals surface area contributed by atoms with Crippen LogP contribution >= 0.6 is 0 Å². The molecule has 19 heavy (non-hydrogen) atoms. The second-order valence-corrected chi connectivity index (χ2v) is 4.00. The van der Waals surface area contributed by atoms with Crippen molar-refractivity contribution in [2.75, 3.05) is 25.1 Å². The number of ether oxygens (including phenoxy) is 1. The molecule has 8 heteroatoms. The lowest BCUT2D eigenvalue weighted by atomic mass is 10.2. The summed E-state index contributed by atoms with van der Waals surface area (Å²) in [4.78, 5) is 22.0. The fourth-order valence-electron chi connectivity index (χ4n) is 1.78. The number of para-hydroxylation sites is 1. The SMILES string of the molecule is O=C(Nc1cccc(O)c1[N+](=O)[O-])C1COCCN1. The van der Waals surface area contributed by atoms with Crippen molar-refractivity contribution in [3.63, 3.8) is 0 Å². The molecule has 2 rings (SSSR count). The molecule has 0 saturated carbocycles. The monoisotopic (exact) mass is 267 g/mol. The molecule has 8 nitrogen and oxygen atoms in total. The number of phenols is 1. The van der Waals surface area contributed by atoms with Crippen LogP contribution in [0.5, 0.6) is 5.75 Å². The predicted octanol–water partition coefficient (Wildman–Crippen LogP) is 0.227. The Morgan fingerprint density at radius 2 is 2.37 bits per heavy atom. The molecule has 1 atom stereocenters. The third kappa shape index (κ3) is 2.98. The smallest absolute Gasteiger partial charge is 0.333 e. The van der Waals surface area contributed by atoms with Gasteiger partial charge in [-0.25, -0.2) is 0 Å². The minimum atomic E-state index is -0.740. The van der Waals surface area contributed by atoms with Crippen LogP contribution in [0.3, 0.4) is 0 Å². The number of amides is 1. The molecule has 1 unspecified atom stereocenters. The second-order valence-electron chi connectivity index (χ2n) is 4.00. The molecule has 1 aromatic rings. The molecule has 0 aliphatic carbocycles. The molecule has 1 heterocycles. The Kier molecular flexibility index (Phi) is 3.93. The van der Waals surface area contributed by atoms with Crippen LogP contribution in [0.2, 0.25) is 0 Å². The fourth-order valence-corrected chi connectivity index (χ4v) is 1.78. The van der Waals surface area contributed by atoms with Crippen LogP contribution in [0.1, 0.15) is 0 Å². The van der Waals surface area contributed by atoms with E-state index in [1.165, 1.54) is 18.2 Å². The van der Waals surface area contributed by atoms with E-state index in [0.717, 1.165) is 0 Å². The normalized spacial score (nSPS) is 18.8. The van der Waals surface area contributed by atoms with Crippen LogP contribution in [0.25, 0.3) is 0 Å². The lowest BCUT2D eigenvalue weighted by Crippen LogP contribution is -2.48. The molecule has 1 saturated heterocycles. The van der Waals surface area contributed by atoms with E-state index in [-0.39, 0.29) is 12.3 Å². The predicted molar refractivity (Wildman–Crippen MR) is 66.0 cm³/mol. The Labute approximate surface area is 108 Å². The molecule has 0 spiro atoms. The molecule has 1 amide bonds. The number of aromatic hydroxyl groups is 1. The Morgan fingerprint density at radius 1 is 1.58 bits per heavy atom. The topological polar surface area (TPSA) is 114 Å². The molecule has 102 valence electrons. The van der Waals surface area contributed by atoms with Crippen LogP contribution in [0, 0.1) is 10.1 Å². The van der Waals surface area contributed by atoms with Gasteiger partial charge in [0.15, 0.2) is 5.75 Å². The first-order chi connectivity index (χ1) is 9.09. The lowest BCUT2D eigenvalue weighted by molar-refractivity contribution is -0.384. The molecule has 3 N–H and O–H groups in total. The third-order valence-electron chi connectivity index (χ3n) is 2.69. The van der Waals surface area contributed by atoms with Crippen molar-refractivity contribution >= 4 is 17.3 Å². The fraction of sp³-hybridized carbons (Fsp3) is 0.364. The van der Waals surface area contributed by atoms with Crippen molar-refractivity contribution in [1.29, 1.82) is 0 Å². The van der Waals surface area contributed by atoms with E-state index in [2.05, 4.69) is 10.6 Å². The van der Waals surface area contributed by atoms with Gasteiger partial charge in [-0.2, -0.15) is 0 Å². The van der Waals surface area contributed by atoms with E-state index in [9.17, 15) is 20.0 Å². The number of nitro groups is 1. The molecule has 1 aliphatic heterocycles. The van der Waals surface area contributed by atoms with E-state index in [1.54, 1.807) is 0 Å². The van der Waals surface area contributed by atoms with E-state index in [4.69, 9.17) is 4.74 Å². The maximum Gasteiger partial charge on any atom is 0.333 e. The zero-order chi connectivity index (χ0) is 13.8. The standard InChI is InChI=1S/C11H13N3O5/c15-9-3-1-2-7(10(9)14(17)18)13-11(16)8-6-19-5-4-12-8/h1-3,8,12,15H,4-6H2,(H,13,16). The summed E-state index contributed by atoms with van der Waals surface area (Å²) < 4.78 is 5.14. The minimum Gasteiger partial charge on any atom is -0.502 e. The Morgan fingerprint density at radius 3 is 3.00 bits per heavy atom. The summed E-state index contributed by atoms with van der Waals surface area (Å²) in [5.74, 6) is -0.927. The van der Waals surface area contributed by atoms with Gasteiger partial charge in [0.25, 0.3) is 0 Å². The largest absolute Gasteiger partial charge is 0.502 e. The summed E-state index contributed by atoms with van der Waals surface area (Å²) in [6.45, 7) is 1.27. The van der Waals surface area contributed by atoms with Crippen LogP contribution < -0.4 is 10.6 Å². The second kappa shape index (κ2) is 5.63. The summed E-state index contributed by atoms with van der Waals surface area (Å²) in [6, 6.07) is 3.41. The number of benzene rings is 1. The zero-order valence-corrected chi connectivity index (χ0v) is 9.96. The highest BCUT2D eigenvalue weighted by Gasteiger charge is 2.25. The summed E-state index contributed by atoms with van der Waals surface area (Å²) >= 11 is 0. The van der Waals surface area contributed by atoms with Crippen molar-refractivity contribution in [3.8, 4) is 5.75 Å². The van der Waals surface area contributed by atoms with Crippen LogP contribution in [0.4, 0.5) is 11.4 Å². The number of morpholine rings is 1. The van der Waals surface area contributed by atoms with Crippen molar-refractivity contribution in [2.45, 2.75) is 6.04 Å². The van der Waals surface area contributed by atoms with Gasteiger partial charge in [-0.3, -0.25) is 14.9 Å². The zero-order valence-electron chi connectivity index (χ0n) is 9.96. The first-order valence-corrected chi connectivity index (χ1v) is 5.68. The average molecular weight is 267 g/mol. The van der Waals surface area contributed by atoms with Crippen LogP contribution in [-0.2, 0) is 9.53 Å². The summed E-state index contributed by atoms with van der Waals surface area (Å²) in [5, 5.41) is 25.7. The highest BCUT2D eigenvalue weighted by molar-refractivity contribution is 5.97. The highest BCUT2D eigenvalue weighted by Crippen LogP contribution is 2.33. The minimum absolute atomic E-state index is 0.0395. The molecule has 0 aromatic heterocycles. The van der Waals surface area contributed by atoms with E-state index >= 15 is 0 Å². The number of phenolic OH excluding ortho intramolecular Hbond substituents is 1. The summed E-state index contributed by atoms with van der Waals surface area (Å²) in [5.41, 5.74) is -0.560. The van der Waals surface area contributed by atoms with Gasteiger partial charge in [0, 0.05) is 6.54 Å². The maximum atomic E-state index is 11.9. The van der Waals surface area contributed by atoms with Gasteiger partial charge in [-0.15, -0.1) is 0 Å². The first kappa shape index (κ1) is 13.2. The Balaban J connectivity index is 2.16. The number of hydrogen-bond donors (Lipinski definition) is 3. The van der Waals surface area contributed by atoms with E-state index in [0.29, 0.717) is 13.2 Å². The van der Waals surface area contributed by atoms with Crippen molar-refractivity contribution in [1.82, 2.24) is 5.32 Å². The number of rotatable bonds is 3. The number of carbonyl (C=O) groups excluding carboxylic acids is 1. The lowest BCUT2D eigenvalue weighted by Gasteiger charge is -2.22. The number of anilines is 1. The van der Waals surface area contributed by atoms with Gasteiger partial charge in [0.05, 0.1) is 18.1 Å². The van der Waals surface area contributed by atoms with Crippen molar-refractivity contribution in [2.24, 2.45) is 0 Å². The maximum absolute atomic E-state index is 11.9. The summed E-state index contributed by atoms with van der Waals surface area (Å²) in [7, 11) is 0.